The van der Waals surface area contributed by atoms with Crippen molar-refractivity contribution in [3.63, 3.8) is 0 Å². The molecule has 3 heteroatoms. The summed E-state index contributed by atoms with van der Waals surface area (Å²) in [6.07, 6.45) is 4.08. The van der Waals surface area contributed by atoms with Crippen LogP contribution >= 0.6 is 0 Å². The number of fused-ring (bicyclic) bond motifs is 2. The Morgan fingerprint density at radius 2 is 1.90 bits per heavy atom. The molecule has 0 saturated carbocycles. The van der Waals surface area contributed by atoms with E-state index in [1.54, 1.807) is 6.20 Å². The SMILES string of the molecule is c1cc2c(c(Oc3ccnc4ccccc34)c1)NCCC2. The Morgan fingerprint density at radius 3 is 2.90 bits per heavy atom. The molecule has 1 aliphatic rings. The van der Waals surface area contributed by atoms with Crippen LogP contribution in [0.1, 0.15) is 12.0 Å². The first-order valence-electron chi connectivity index (χ1n) is 7.29. The van der Waals surface area contributed by atoms with Crippen molar-refractivity contribution in [2.75, 3.05) is 11.9 Å². The molecule has 1 aliphatic heterocycles. The van der Waals surface area contributed by atoms with Gasteiger partial charge in [0.1, 0.15) is 5.75 Å². The van der Waals surface area contributed by atoms with Gasteiger partial charge in [0.25, 0.3) is 0 Å². The van der Waals surface area contributed by atoms with Gasteiger partial charge in [-0.25, -0.2) is 0 Å². The predicted molar refractivity (Wildman–Crippen MR) is 85.1 cm³/mol. The molecule has 2 aromatic carbocycles. The molecular formula is C18H16N2O. The number of rotatable bonds is 2. The Bertz CT molecular complexity index is 793. The number of hydrogen-bond donors (Lipinski definition) is 1. The first kappa shape index (κ1) is 12.2. The van der Waals surface area contributed by atoms with Crippen LogP contribution in [0.2, 0.25) is 0 Å². The molecule has 0 fully saturated rings. The van der Waals surface area contributed by atoms with Gasteiger partial charge in [-0.3, -0.25) is 4.98 Å². The number of aromatic nitrogens is 1. The fourth-order valence-electron chi connectivity index (χ4n) is 2.84. The van der Waals surface area contributed by atoms with E-state index in [1.165, 1.54) is 12.0 Å². The van der Waals surface area contributed by atoms with E-state index in [-0.39, 0.29) is 0 Å². The number of anilines is 1. The maximum atomic E-state index is 6.19. The zero-order valence-corrected chi connectivity index (χ0v) is 11.7. The van der Waals surface area contributed by atoms with Crippen LogP contribution < -0.4 is 10.1 Å². The molecule has 0 saturated heterocycles. The van der Waals surface area contributed by atoms with E-state index in [4.69, 9.17) is 4.74 Å². The highest BCUT2D eigenvalue weighted by Crippen LogP contribution is 2.36. The van der Waals surface area contributed by atoms with Gasteiger partial charge in [-0.2, -0.15) is 0 Å². The number of nitrogens with one attached hydrogen (secondary N) is 1. The van der Waals surface area contributed by atoms with Gasteiger partial charge in [0.2, 0.25) is 0 Å². The Kier molecular flexibility index (Phi) is 2.96. The fourth-order valence-corrected chi connectivity index (χ4v) is 2.84. The Hall–Kier alpha value is -2.55. The van der Waals surface area contributed by atoms with Gasteiger partial charge in [0.05, 0.1) is 11.2 Å². The number of ether oxygens (including phenoxy) is 1. The molecule has 3 nitrogen and oxygen atoms in total. The summed E-state index contributed by atoms with van der Waals surface area (Å²) >= 11 is 0. The van der Waals surface area contributed by atoms with E-state index in [2.05, 4.69) is 22.4 Å². The molecule has 0 atom stereocenters. The molecule has 0 unspecified atom stereocenters. The highest BCUT2D eigenvalue weighted by Gasteiger charge is 2.14. The standard InChI is InChI=1S/C18H16N2O/c1-2-8-15-14(7-1)16(10-12-19-15)21-17-9-3-5-13-6-4-11-20-18(13)17/h1-3,5,7-10,12,20H,4,6,11H2. The van der Waals surface area contributed by atoms with E-state index < -0.39 is 0 Å². The van der Waals surface area contributed by atoms with E-state index in [1.807, 2.05) is 36.4 Å². The molecule has 2 heterocycles. The van der Waals surface area contributed by atoms with Crippen LogP contribution in [0.25, 0.3) is 10.9 Å². The molecule has 0 aliphatic carbocycles. The van der Waals surface area contributed by atoms with Crippen molar-refractivity contribution in [1.29, 1.82) is 0 Å². The van der Waals surface area contributed by atoms with E-state index >= 15 is 0 Å². The average molecular weight is 276 g/mol. The summed E-state index contributed by atoms with van der Waals surface area (Å²) in [5, 5.41) is 4.49. The van der Waals surface area contributed by atoms with Gasteiger partial charge in [-0.05, 0) is 42.7 Å². The van der Waals surface area contributed by atoms with Gasteiger partial charge in [0.15, 0.2) is 5.75 Å². The summed E-state index contributed by atoms with van der Waals surface area (Å²) in [7, 11) is 0. The second-order valence-corrected chi connectivity index (χ2v) is 5.25. The largest absolute Gasteiger partial charge is 0.454 e. The van der Waals surface area contributed by atoms with E-state index in [0.717, 1.165) is 41.1 Å². The molecule has 104 valence electrons. The summed E-state index contributed by atoms with van der Waals surface area (Å²) in [5.74, 6) is 1.74. The lowest BCUT2D eigenvalue weighted by molar-refractivity contribution is 0.488. The van der Waals surface area contributed by atoms with Gasteiger partial charge in [-0.15, -0.1) is 0 Å². The van der Waals surface area contributed by atoms with Crippen molar-refractivity contribution in [1.82, 2.24) is 4.98 Å². The van der Waals surface area contributed by atoms with Crippen LogP contribution in [0.15, 0.2) is 54.7 Å². The lowest BCUT2D eigenvalue weighted by Gasteiger charge is -2.21. The zero-order valence-electron chi connectivity index (χ0n) is 11.7. The number of para-hydroxylation sites is 2. The number of nitrogens with zero attached hydrogens (tertiary/aromatic N) is 1. The first-order valence-corrected chi connectivity index (χ1v) is 7.29. The van der Waals surface area contributed by atoms with Crippen molar-refractivity contribution in [2.45, 2.75) is 12.8 Å². The van der Waals surface area contributed by atoms with Crippen LogP contribution in [0.3, 0.4) is 0 Å². The molecular weight excluding hydrogens is 260 g/mol. The Labute approximate surface area is 123 Å². The van der Waals surface area contributed by atoms with Crippen molar-refractivity contribution in [3.8, 4) is 11.5 Å². The normalized spacial score (nSPS) is 13.5. The minimum absolute atomic E-state index is 0.848. The quantitative estimate of drug-likeness (QED) is 0.754. The average Bonchev–Trinajstić information content (AvgIpc) is 2.56. The number of aryl methyl sites for hydroxylation is 1. The topological polar surface area (TPSA) is 34.1 Å². The molecule has 1 aromatic heterocycles. The van der Waals surface area contributed by atoms with Crippen LogP contribution in [0.4, 0.5) is 5.69 Å². The van der Waals surface area contributed by atoms with Crippen molar-refractivity contribution in [2.24, 2.45) is 0 Å². The zero-order chi connectivity index (χ0) is 14.1. The second kappa shape index (κ2) is 5.09. The molecule has 0 radical (unpaired) electrons. The van der Waals surface area contributed by atoms with Crippen LogP contribution in [-0.2, 0) is 6.42 Å². The Balaban J connectivity index is 1.79. The Morgan fingerprint density at radius 1 is 0.952 bits per heavy atom. The lowest BCUT2D eigenvalue weighted by Crippen LogP contribution is -2.12. The minimum Gasteiger partial charge on any atom is -0.454 e. The minimum atomic E-state index is 0.848. The molecule has 4 rings (SSSR count). The van der Waals surface area contributed by atoms with E-state index in [9.17, 15) is 0 Å². The maximum absolute atomic E-state index is 6.19. The second-order valence-electron chi connectivity index (χ2n) is 5.25. The van der Waals surface area contributed by atoms with Gasteiger partial charge in [-0.1, -0.05) is 24.3 Å². The molecule has 1 N–H and O–H groups in total. The predicted octanol–water partition coefficient (Wildman–Crippen LogP) is 4.39. The number of pyridine rings is 1. The fraction of sp³-hybridized carbons (Fsp3) is 0.167. The highest BCUT2D eigenvalue weighted by molar-refractivity contribution is 5.85. The molecule has 21 heavy (non-hydrogen) atoms. The van der Waals surface area contributed by atoms with Gasteiger partial charge < -0.3 is 10.1 Å². The smallest absolute Gasteiger partial charge is 0.150 e. The third-order valence-corrected chi connectivity index (χ3v) is 3.87. The van der Waals surface area contributed by atoms with Crippen LogP contribution in [0.5, 0.6) is 11.5 Å². The molecule has 0 amide bonds. The lowest BCUT2D eigenvalue weighted by atomic mass is 10.0. The summed E-state index contributed by atoms with van der Waals surface area (Å²) in [5.41, 5.74) is 3.41. The summed E-state index contributed by atoms with van der Waals surface area (Å²) in [6.45, 7) is 1.00. The monoisotopic (exact) mass is 276 g/mol. The van der Waals surface area contributed by atoms with Gasteiger partial charge in [0, 0.05) is 18.1 Å². The van der Waals surface area contributed by atoms with E-state index in [0.29, 0.717) is 0 Å². The van der Waals surface area contributed by atoms with Crippen molar-refractivity contribution >= 4 is 16.6 Å². The molecule has 3 aromatic rings. The number of hydrogen-bond acceptors (Lipinski definition) is 3. The molecule has 0 spiro atoms. The highest BCUT2D eigenvalue weighted by atomic mass is 16.5. The summed E-state index contributed by atoms with van der Waals surface area (Å²) in [4.78, 5) is 4.38. The van der Waals surface area contributed by atoms with Crippen molar-refractivity contribution < 1.29 is 4.74 Å². The van der Waals surface area contributed by atoms with Gasteiger partial charge >= 0.3 is 0 Å². The first-order chi connectivity index (χ1) is 10.4. The van der Waals surface area contributed by atoms with Crippen LogP contribution in [0, 0.1) is 0 Å². The van der Waals surface area contributed by atoms with Crippen molar-refractivity contribution in [3.05, 3.63) is 60.3 Å². The third kappa shape index (κ3) is 2.21. The van der Waals surface area contributed by atoms with Crippen LogP contribution in [-0.4, -0.2) is 11.5 Å². The number of benzene rings is 2. The summed E-state index contributed by atoms with van der Waals surface area (Å²) in [6, 6.07) is 16.2. The summed E-state index contributed by atoms with van der Waals surface area (Å²) < 4.78 is 6.19. The molecule has 0 bridgehead atoms. The third-order valence-electron chi connectivity index (χ3n) is 3.87. The maximum Gasteiger partial charge on any atom is 0.150 e.